The highest BCUT2D eigenvalue weighted by atomic mass is 28.3. The molecular formula is C11H16OSi. The number of aldehydes is 1. The van der Waals surface area contributed by atoms with Gasteiger partial charge in [0.15, 0.2) is 0 Å². The Morgan fingerprint density at radius 3 is 2.54 bits per heavy atom. The van der Waals surface area contributed by atoms with Crippen molar-refractivity contribution in [3.05, 3.63) is 11.1 Å². The molecule has 1 nitrogen and oxygen atoms in total. The van der Waals surface area contributed by atoms with Gasteiger partial charge in [0.05, 0.1) is 0 Å². The van der Waals surface area contributed by atoms with Crippen LogP contribution in [0, 0.1) is 11.5 Å². The van der Waals surface area contributed by atoms with Gasteiger partial charge < -0.3 is 0 Å². The Morgan fingerprint density at radius 2 is 2.00 bits per heavy atom. The van der Waals surface area contributed by atoms with E-state index in [2.05, 4.69) is 31.1 Å². The Balaban J connectivity index is 2.82. The summed E-state index contributed by atoms with van der Waals surface area (Å²) in [5.41, 5.74) is 5.33. The van der Waals surface area contributed by atoms with Crippen LogP contribution >= 0.6 is 0 Å². The van der Waals surface area contributed by atoms with Gasteiger partial charge >= 0.3 is 0 Å². The highest BCUT2D eigenvalue weighted by Crippen LogP contribution is 2.23. The number of rotatable bonds is 1. The Labute approximate surface area is 81.2 Å². The fourth-order valence-electron chi connectivity index (χ4n) is 1.30. The molecule has 0 fully saturated rings. The third-order valence-electron chi connectivity index (χ3n) is 1.99. The zero-order valence-corrected chi connectivity index (χ0v) is 9.61. The first-order chi connectivity index (χ1) is 6.03. The Morgan fingerprint density at radius 1 is 1.31 bits per heavy atom. The fraction of sp³-hybridized carbons (Fsp3) is 0.545. The van der Waals surface area contributed by atoms with Gasteiger partial charge in [0, 0.05) is 11.1 Å². The third-order valence-corrected chi connectivity index (χ3v) is 2.87. The average molecular weight is 192 g/mol. The molecule has 0 aromatic rings. The molecule has 0 aromatic carbocycles. The predicted octanol–water partition coefficient (Wildman–Crippen LogP) is 2.55. The molecule has 0 aliphatic heterocycles. The van der Waals surface area contributed by atoms with Gasteiger partial charge in [-0.2, -0.15) is 0 Å². The monoisotopic (exact) mass is 192 g/mol. The minimum atomic E-state index is -1.28. The average Bonchev–Trinajstić information content (AvgIpc) is 2.46. The molecule has 13 heavy (non-hydrogen) atoms. The highest BCUT2D eigenvalue weighted by Gasteiger charge is 2.13. The van der Waals surface area contributed by atoms with Gasteiger partial charge in [0.25, 0.3) is 0 Å². The number of hydrogen-bond acceptors (Lipinski definition) is 1. The molecule has 0 heterocycles. The van der Waals surface area contributed by atoms with E-state index in [1.54, 1.807) is 0 Å². The van der Waals surface area contributed by atoms with Crippen molar-refractivity contribution in [2.75, 3.05) is 0 Å². The summed E-state index contributed by atoms with van der Waals surface area (Å²) >= 11 is 0. The Hall–Kier alpha value is -0.813. The van der Waals surface area contributed by atoms with Crippen LogP contribution in [0.1, 0.15) is 19.3 Å². The molecule has 0 N–H and O–H groups in total. The molecule has 1 aliphatic carbocycles. The topological polar surface area (TPSA) is 17.1 Å². The van der Waals surface area contributed by atoms with Crippen molar-refractivity contribution in [1.29, 1.82) is 0 Å². The highest BCUT2D eigenvalue weighted by molar-refractivity contribution is 6.83. The van der Waals surface area contributed by atoms with Crippen LogP contribution in [0.5, 0.6) is 0 Å². The predicted molar refractivity (Wildman–Crippen MR) is 58.1 cm³/mol. The molecule has 70 valence electrons. The second kappa shape index (κ2) is 3.93. The lowest BCUT2D eigenvalue weighted by atomic mass is 10.2. The van der Waals surface area contributed by atoms with Gasteiger partial charge in [0.1, 0.15) is 14.4 Å². The van der Waals surface area contributed by atoms with Gasteiger partial charge in [-0.3, -0.25) is 4.79 Å². The van der Waals surface area contributed by atoms with Gasteiger partial charge in [-0.25, -0.2) is 0 Å². The van der Waals surface area contributed by atoms with Crippen molar-refractivity contribution in [3.8, 4) is 11.5 Å². The molecule has 0 atom stereocenters. The van der Waals surface area contributed by atoms with Crippen LogP contribution in [-0.2, 0) is 4.79 Å². The van der Waals surface area contributed by atoms with Crippen molar-refractivity contribution in [2.24, 2.45) is 0 Å². The summed E-state index contributed by atoms with van der Waals surface area (Å²) in [6.07, 6.45) is 4.01. The number of carbonyl (C=O) groups excluding carboxylic acids is 1. The van der Waals surface area contributed by atoms with E-state index in [0.717, 1.165) is 36.7 Å². The van der Waals surface area contributed by atoms with E-state index in [1.165, 1.54) is 0 Å². The smallest absolute Gasteiger partial charge is 0.146 e. The number of hydrogen-bond donors (Lipinski definition) is 0. The summed E-state index contributed by atoms with van der Waals surface area (Å²) < 4.78 is 0. The quantitative estimate of drug-likeness (QED) is 0.354. The maximum Gasteiger partial charge on any atom is 0.146 e. The van der Waals surface area contributed by atoms with E-state index in [0.29, 0.717) is 0 Å². The standard InChI is InChI=1S/C11H16OSi/c1-13(2,3)8-7-10-5-4-6-11(10)9-12/h9H,4-6H2,1-3H3. The van der Waals surface area contributed by atoms with E-state index in [1.807, 2.05) is 0 Å². The Bertz CT molecular complexity index is 296. The van der Waals surface area contributed by atoms with E-state index in [4.69, 9.17) is 0 Å². The van der Waals surface area contributed by atoms with E-state index < -0.39 is 8.07 Å². The first-order valence-electron chi connectivity index (χ1n) is 4.73. The molecule has 0 saturated carbocycles. The SMILES string of the molecule is C[Si](C)(C)C#CC1=C(C=O)CCC1. The van der Waals surface area contributed by atoms with Crippen LogP contribution in [0.25, 0.3) is 0 Å². The van der Waals surface area contributed by atoms with Crippen molar-refractivity contribution < 1.29 is 4.79 Å². The van der Waals surface area contributed by atoms with Gasteiger partial charge in [-0.05, 0) is 19.3 Å². The van der Waals surface area contributed by atoms with Crippen LogP contribution in [0.15, 0.2) is 11.1 Å². The molecule has 2 heteroatoms. The summed E-state index contributed by atoms with van der Waals surface area (Å²) in [6.45, 7) is 6.66. The van der Waals surface area contributed by atoms with Crippen molar-refractivity contribution >= 4 is 14.4 Å². The second-order valence-electron chi connectivity index (χ2n) is 4.48. The third kappa shape index (κ3) is 3.20. The van der Waals surface area contributed by atoms with Gasteiger partial charge in [-0.1, -0.05) is 25.6 Å². The molecule has 0 unspecified atom stereocenters. The van der Waals surface area contributed by atoms with Crippen LogP contribution in [0.3, 0.4) is 0 Å². The van der Waals surface area contributed by atoms with Crippen molar-refractivity contribution in [3.63, 3.8) is 0 Å². The molecule has 0 amide bonds. The lowest BCUT2D eigenvalue weighted by Crippen LogP contribution is -2.16. The summed E-state index contributed by atoms with van der Waals surface area (Å²) in [7, 11) is -1.28. The zero-order chi connectivity index (χ0) is 9.90. The molecule has 1 rings (SSSR count). The second-order valence-corrected chi connectivity index (χ2v) is 9.23. The lowest BCUT2D eigenvalue weighted by Gasteiger charge is -2.03. The minimum absolute atomic E-state index is 0.930. The molecule has 0 aromatic heterocycles. The first kappa shape index (κ1) is 10.3. The van der Waals surface area contributed by atoms with E-state index in [-0.39, 0.29) is 0 Å². The van der Waals surface area contributed by atoms with Crippen molar-refractivity contribution in [2.45, 2.75) is 38.9 Å². The zero-order valence-electron chi connectivity index (χ0n) is 8.61. The molecule has 0 spiro atoms. The summed E-state index contributed by atoms with van der Waals surface area (Å²) in [6, 6.07) is 0. The first-order valence-corrected chi connectivity index (χ1v) is 8.23. The van der Waals surface area contributed by atoms with Gasteiger partial charge in [0.2, 0.25) is 0 Å². The summed E-state index contributed by atoms with van der Waals surface area (Å²) in [5.74, 6) is 3.18. The van der Waals surface area contributed by atoms with Gasteiger partial charge in [-0.15, -0.1) is 5.54 Å². The minimum Gasteiger partial charge on any atom is -0.298 e. The van der Waals surface area contributed by atoms with Crippen LogP contribution in [0.2, 0.25) is 19.6 Å². The van der Waals surface area contributed by atoms with E-state index >= 15 is 0 Å². The van der Waals surface area contributed by atoms with Crippen molar-refractivity contribution in [1.82, 2.24) is 0 Å². The lowest BCUT2D eigenvalue weighted by molar-refractivity contribution is -0.105. The fourth-order valence-corrected chi connectivity index (χ4v) is 1.83. The molecule has 0 radical (unpaired) electrons. The van der Waals surface area contributed by atoms with Crippen LogP contribution in [-0.4, -0.2) is 14.4 Å². The van der Waals surface area contributed by atoms with E-state index in [9.17, 15) is 4.79 Å². The molecule has 0 saturated heterocycles. The molecule has 1 aliphatic rings. The van der Waals surface area contributed by atoms with Crippen LogP contribution in [0.4, 0.5) is 0 Å². The Kier molecular flexibility index (Phi) is 3.10. The maximum atomic E-state index is 10.6. The maximum absolute atomic E-state index is 10.6. The summed E-state index contributed by atoms with van der Waals surface area (Å²) in [4.78, 5) is 10.6. The normalized spacial score (nSPS) is 16.8. The summed E-state index contributed by atoms with van der Waals surface area (Å²) in [5, 5.41) is 0. The largest absolute Gasteiger partial charge is 0.298 e. The number of carbonyl (C=O) groups is 1. The number of allylic oxidation sites excluding steroid dienone is 2. The molecule has 0 bridgehead atoms. The molecular weight excluding hydrogens is 176 g/mol. The van der Waals surface area contributed by atoms with Crippen LogP contribution < -0.4 is 0 Å².